The summed E-state index contributed by atoms with van der Waals surface area (Å²) in [6.07, 6.45) is -0.259. The summed E-state index contributed by atoms with van der Waals surface area (Å²) in [6.45, 7) is 3.21. The number of benzene rings is 4. The average molecular weight is 539 g/mol. The summed E-state index contributed by atoms with van der Waals surface area (Å²) in [6, 6.07) is 32.7. The van der Waals surface area contributed by atoms with Gasteiger partial charge in [-0.05, 0) is 54.4 Å². The predicted octanol–water partition coefficient (Wildman–Crippen LogP) is 5.81. The number of carbonyl (C=O) groups is 1. The standard InChI is InChI=1S/C33H34N2O5/c1-2-38-32(33(37)34-27(23-36)25-10-4-3-5-11-25)22-24-16-18-26(19-17-24)39-21-20-35-28-12-6-8-14-30(28)40-31-15-9-7-13-29(31)35/h3-19,27,32,36H,2,20-23H2,1H3,(H,34,37)/t27-,32-/m1/s1. The van der Waals surface area contributed by atoms with E-state index in [-0.39, 0.29) is 12.5 Å². The largest absolute Gasteiger partial charge is 0.492 e. The van der Waals surface area contributed by atoms with Crippen molar-refractivity contribution in [3.8, 4) is 17.2 Å². The molecule has 40 heavy (non-hydrogen) atoms. The van der Waals surface area contributed by atoms with Crippen LogP contribution in [0.4, 0.5) is 11.4 Å². The van der Waals surface area contributed by atoms with Crippen molar-refractivity contribution in [2.75, 3.05) is 31.3 Å². The fourth-order valence-electron chi connectivity index (χ4n) is 4.83. The normalized spacial score (nSPS) is 13.4. The molecular weight excluding hydrogens is 504 g/mol. The molecule has 4 aromatic carbocycles. The van der Waals surface area contributed by atoms with Crippen LogP contribution in [0.25, 0.3) is 0 Å². The lowest BCUT2D eigenvalue weighted by atomic mass is 10.0. The number of nitrogens with one attached hydrogen (secondary N) is 1. The van der Waals surface area contributed by atoms with E-state index in [0.29, 0.717) is 26.2 Å². The molecule has 0 spiro atoms. The van der Waals surface area contributed by atoms with Gasteiger partial charge in [0.25, 0.3) is 0 Å². The predicted molar refractivity (Wildman–Crippen MR) is 155 cm³/mol. The Labute approximate surface area is 234 Å². The van der Waals surface area contributed by atoms with Crippen molar-refractivity contribution >= 4 is 17.3 Å². The van der Waals surface area contributed by atoms with Crippen LogP contribution in [0, 0.1) is 0 Å². The summed E-state index contributed by atoms with van der Waals surface area (Å²) in [5, 5.41) is 12.8. The van der Waals surface area contributed by atoms with E-state index in [4.69, 9.17) is 14.2 Å². The van der Waals surface area contributed by atoms with Gasteiger partial charge < -0.3 is 29.5 Å². The van der Waals surface area contributed by atoms with E-state index in [0.717, 1.165) is 39.8 Å². The molecule has 0 bridgehead atoms. The molecule has 2 N–H and O–H groups in total. The number of carbonyl (C=O) groups excluding carboxylic acids is 1. The van der Waals surface area contributed by atoms with Crippen molar-refractivity contribution in [3.63, 3.8) is 0 Å². The Bertz CT molecular complexity index is 1350. The molecule has 0 aliphatic carbocycles. The second-order valence-electron chi connectivity index (χ2n) is 9.48. The fraction of sp³-hybridized carbons (Fsp3) is 0.242. The van der Waals surface area contributed by atoms with Crippen LogP contribution in [0.5, 0.6) is 17.2 Å². The first kappa shape index (κ1) is 27.2. The highest BCUT2D eigenvalue weighted by atomic mass is 16.5. The van der Waals surface area contributed by atoms with Gasteiger partial charge in [-0.3, -0.25) is 4.79 Å². The van der Waals surface area contributed by atoms with Crippen molar-refractivity contribution in [3.05, 3.63) is 114 Å². The third-order valence-electron chi connectivity index (χ3n) is 6.82. The maximum atomic E-state index is 13.0. The smallest absolute Gasteiger partial charge is 0.250 e. The van der Waals surface area contributed by atoms with Gasteiger partial charge in [0.2, 0.25) is 5.91 Å². The van der Waals surface area contributed by atoms with Gasteiger partial charge in [0.15, 0.2) is 11.5 Å². The summed E-state index contributed by atoms with van der Waals surface area (Å²) in [4.78, 5) is 15.2. The number of aliphatic hydroxyl groups is 1. The zero-order chi connectivity index (χ0) is 27.7. The van der Waals surface area contributed by atoms with Gasteiger partial charge in [0.1, 0.15) is 18.5 Å². The number of para-hydroxylation sites is 4. The van der Waals surface area contributed by atoms with Crippen LogP contribution >= 0.6 is 0 Å². The highest BCUT2D eigenvalue weighted by Gasteiger charge is 2.24. The molecule has 0 radical (unpaired) electrons. The van der Waals surface area contributed by atoms with Crippen LogP contribution < -0.4 is 19.7 Å². The summed E-state index contributed by atoms with van der Waals surface area (Å²) in [5.74, 6) is 2.15. The number of nitrogens with zero attached hydrogens (tertiary/aromatic N) is 1. The Kier molecular flexibility index (Phi) is 8.96. The molecule has 0 fully saturated rings. The number of fused-ring (bicyclic) bond motifs is 2. The molecule has 7 heteroatoms. The highest BCUT2D eigenvalue weighted by Crippen LogP contribution is 2.45. The first-order chi connectivity index (χ1) is 19.7. The Balaban J connectivity index is 1.18. The number of rotatable bonds is 12. The minimum absolute atomic E-state index is 0.192. The second kappa shape index (κ2) is 13.2. The SMILES string of the molecule is CCO[C@H](Cc1ccc(OCCN2c3ccccc3Oc3ccccc32)cc1)C(=O)N[C@H](CO)c1ccccc1. The molecule has 0 saturated carbocycles. The molecule has 0 unspecified atom stereocenters. The maximum Gasteiger partial charge on any atom is 0.250 e. The topological polar surface area (TPSA) is 80.3 Å². The van der Waals surface area contributed by atoms with Gasteiger partial charge >= 0.3 is 0 Å². The monoisotopic (exact) mass is 538 g/mol. The van der Waals surface area contributed by atoms with Crippen molar-refractivity contribution in [1.29, 1.82) is 0 Å². The zero-order valence-corrected chi connectivity index (χ0v) is 22.5. The minimum Gasteiger partial charge on any atom is -0.492 e. The van der Waals surface area contributed by atoms with Crippen LogP contribution in [0.2, 0.25) is 0 Å². The van der Waals surface area contributed by atoms with Crippen molar-refractivity contribution < 1.29 is 24.1 Å². The molecule has 1 amide bonds. The van der Waals surface area contributed by atoms with Crippen LogP contribution in [0.15, 0.2) is 103 Å². The molecule has 4 aromatic rings. The lowest BCUT2D eigenvalue weighted by molar-refractivity contribution is -0.133. The molecule has 206 valence electrons. The van der Waals surface area contributed by atoms with Crippen molar-refractivity contribution in [2.24, 2.45) is 0 Å². The van der Waals surface area contributed by atoms with Crippen molar-refractivity contribution in [1.82, 2.24) is 5.32 Å². The van der Waals surface area contributed by atoms with Gasteiger partial charge in [-0.25, -0.2) is 0 Å². The molecule has 2 atom stereocenters. The van der Waals surface area contributed by atoms with E-state index in [1.165, 1.54) is 0 Å². The summed E-state index contributed by atoms with van der Waals surface area (Å²) < 4.78 is 17.9. The molecule has 1 aliphatic rings. The number of amides is 1. The molecule has 1 heterocycles. The van der Waals surface area contributed by atoms with Gasteiger partial charge in [-0.15, -0.1) is 0 Å². The van der Waals surface area contributed by atoms with Crippen molar-refractivity contribution in [2.45, 2.75) is 25.5 Å². The zero-order valence-electron chi connectivity index (χ0n) is 22.5. The highest BCUT2D eigenvalue weighted by molar-refractivity contribution is 5.81. The van der Waals surface area contributed by atoms with Gasteiger partial charge in [-0.1, -0.05) is 66.7 Å². The lowest BCUT2D eigenvalue weighted by Crippen LogP contribution is -2.41. The number of hydrogen-bond acceptors (Lipinski definition) is 6. The summed E-state index contributed by atoms with van der Waals surface area (Å²) >= 11 is 0. The van der Waals surface area contributed by atoms with E-state index in [1.54, 1.807) is 0 Å². The van der Waals surface area contributed by atoms with Crippen LogP contribution in [-0.4, -0.2) is 43.5 Å². The molecule has 7 nitrogen and oxygen atoms in total. The Hall–Kier alpha value is -4.33. The van der Waals surface area contributed by atoms with Crippen LogP contribution in [0.3, 0.4) is 0 Å². The second-order valence-corrected chi connectivity index (χ2v) is 9.48. The van der Waals surface area contributed by atoms with Gasteiger partial charge in [-0.2, -0.15) is 0 Å². The molecule has 5 rings (SSSR count). The number of anilines is 2. The number of ether oxygens (including phenoxy) is 3. The van der Waals surface area contributed by atoms with E-state index in [1.807, 2.05) is 110 Å². The lowest BCUT2D eigenvalue weighted by Gasteiger charge is -2.32. The fourth-order valence-corrected chi connectivity index (χ4v) is 4.83. The molecule has 0 aromatic heterocycles. The van der Waals surface area contributed by atoms with E-state index in [2.05, 4.69) is 10.2 Å². The minimum atomic E-state index is -0.670. The van der Waals surface area contributed by atoms with E-state index in [9.17, 15) is 9.90 Å². The van der Waals surface area contributed by atoms with E-state index < -0.39 is 12.1 Å². The van der Waals surface area contributed by atoms with E-state index >= 15 is 0 Å². The van der Waals surface area contributed by atoms with Crippen LogP contribution in [-0.2, 0) is 16.0 Å². The molecule has 0 saturated heterocycles. The third-order valence-corrected chi connectivity index (χ3v) is 6.82. The third kappa shape index (κ3) is 6.45. The molecule has 1 aliphatic heterocycles. The summed E-state index contributed by atoms with van der Waals surface area (Å²) in [5.41, 5.74) is 3.82. The van der Waals surface area contributed by atoms with Gasteiger partial charge in [0.05, 0.1) is 30.6 Å². The molecular formula is C33H34N2O5. The van der Waals surface area contributed by atoms with Gasteiger partial charge in [0, 0.05) is 13.0 Å². The Morgan fingerprint density at radius 1 is 0.875 bits per heavy atom. The number of hydrogen-bond donors (Lipinski definition) is 2. The first-order valence-corrected chi connectivity index (χ1v) is 13.6. The first-order valence-electron chi connectivity index (χ1n) is 13.6. The summed E-state index contributed by atoms with van der Waals surface area (Å²) in [7, 11) is 0. The maximum absolute atomic E-state index is 13.0. The average Bonchev–Trinajstić information content (AvgIpc) is 3.00. The Morgan fingerprint density at radius 3 is 2.12 bits per heavy atom. The quantitative estimate of drug-likeness (QED) is 0.237. The number of aliphatic hydroxyl groups excluding tert-OH is 1. The Morgan fingerprint density at radius 2 is 1.50 bits per heavy atom. The van der Waals surface area contributed by atoms with Crippen LogP contribution in [0.1, 0.15) is 24.1 Å².